The Bertz CT molecular complexity index is 894. The Morgan fingerprint density at radius 1 is 0.885 bits per heavy atom. The fraction of sp³-hybridized carbons (Fsp3) is 0.0526. The Morgan fingerprint density at radius 3 is 2.31 bits per heavy atom. The van der Waals surface area contributed by atoms with Crippen molar-refractivity contribution in [1.82, 2.24) is 4.98 Å². The normalized spacial score (nSPS) is 11.0. The average Bonchev–Trinajstić information content (AvgIpc) is 2.63. The van der Waals surface area contributed by atoms with Crippen LogP contribution in [0.5, 0.6) is 0 Å². The van der Waals surface area contributed by atoms with E-state index in [2.05, 4.69) is 15.6 Å². The molecule has 7 heteroatoms. The monoisotopic (exact) mass is 357 g/mol. The van der Waals surface area contributed by atoms with Crippen molar-refractivity contribution in [3.8, 4) is 0 Å². The van der Waals surface area contributed by atoms with Gasteiger partial charge in [-0.05, 0) is 42.5 Å². The van der Waals surface area contributed by atoms with Crippen LogP contribution < -0.4 is 10.6 Å². The molecule has 0 saturated carbocycles. The number of nitrogens with one attached hydrogen (secondary N) is 2. The molecule has 0 aliphatic rings. The number of hydrogen-bond acceptors (Lipinski definition) is 3. The summed E-state index contributed by atoms with van der Waals surface area (Å²) in [6.07, 6.45) is -2.97. The van der Waals surface area contributed by atoms with E-state index in [0.29, 0.717) is 22.8 Å². The summed E-state index contributed by atoms with van der Waals surface area (Å²) in [6.45, 7) is 0. The highest BCUT2D eigenvalue weighted by molar-refractivity contribution is 6.03. The molecule has 0 saturated heterocycles. The Kier molecular flexibility index (Phi) is 4.88. The van der Waals surface area contributed by atoms with Gasteiger partial charge in [0.2, 0.25) is 0 Å². The van der Waals surface area contributed by atoms with Crippen LogP contribution in [0.1, 0.15) is 15.9 Å². The number of benzene rings is 2. The second-order valence-corrected chi connectivity index (χ2v) is 5.46. The molecule has 3 rings (SSSR count). The maximum absolute atomic E-state index is 12.7. The Balaban J connectivity index is 1.68. The SMILES string of the molecule is O=C(Nc1ccc(Nc2cccc(C(F)(F)F)c2)cn1)c1ccccc1. The molecule has 0 bridgehead atoms. The third-order valence-corrected chi connectivity index (χ3v) is 3.52. The van der Waals surface area contributed by atoms with Gasteiger partial charge >= 0.3 is 6.18 Å². The molecule has 132 valence electrons. The van der Waals surface area contributed by atoms with Crippen molar-refractivity contribution in [2.45, 2.75) is 6.18 Å². The van der Waals surface area contributed by atoms with Crippen LogP contribution in [-0.4, -0.2) is 10.9 Å². The van der Waals surface area contributed by atoms with Gasteiger partial charge in [-0.25, -0.2) is 4.98 Å². The number of halogens is 3. The van der Waals surface area contributed by atoms with E-state index >= 15 is 0 Å². The maximum atomic E-state index is 12.7. The lowest BCUT2D eigenvalue weighted by Gasteiger charge is -2.11. The summed E-state index contributed by atoms with van der Waals surface area (Å²) in [5.41, 5.74) is 0.562. The van der Waals surface area contributed by atoms with Crippen LogP contribution in [-0.2, 0) is 6.18 Å². The minimum atomic E-state index is -4.40. The molecular formula is C19H14F3N3O. The fourth-order valence-electron chi connectivity index (χ4n) is 2.26. The van der Waals surface area contributed by atoms with Crippen LogP contribution in [0.3, 0.4) is 0 Å². The highest BCUT2D eigenvalue weighted by Crippen LogP contribution is 2.31. The van der Waals surface area contributed by atoms with Gasteiger partial charge in [0.15, 0.2) is 0 Å². The van der Waals surface area contributed by atoms with Gasteiger partial charge in [-0.15, -0.1) is 0 Å². The summed E-state index contributed by atoms with van der Waals surface area (Å²) in [4.78, 5) is 16.1. The first-order valence-corrected chi connectivity index (χ1v) is 7.68. The molecule has 26 heavy (non-hydrogen) atoms. The van der Waals surface area contributed by atoms with Crippen LogP contribution in [0.25, 0.3) is 0 Å². The van der Waals surface area contributed by atoms with Crippen LogP contribution >= 0.6 is 0 Å². The van der Waals surface area contributed by atoms with Gasteiger partial charge in [0.05, 0.1) is 17.4 Å². The number of pyridine rings is 1. The maximum Gasteiger partial charge on any atom is 0.416 e. The van der Waals surface area contributed by atoms with E-state index in [0.717, 1.165) is 12.1 Å². The molecule has 0 fully saturated rings. The van der Waals surface area contributed by atoms with Crippen molar-refractivity contribution in [3.63, 3.8) is 0 Å². The lowest BCUT2D eigenvalue weighted by Crippen LogP contribution is -2.12. The van der Waals surface area contributed by atoms with Crippen molar-refractivity contribution in [2.75, 3.05) is 10.6 Å². The molecule has 0 aliphatic carbocycles. The number of nitrogens with zero attached hydrogens (tertiary/aromatic N) is 1. The van der Waals surface area contributed by atoms with Crippen LogP contribution in [0, 0.1) is 0 Å². The van der Waals surface area contributed by atoms with Gasteiger partial charge in [0.1, 0.15) is 5.82 Å². The van der Waals surface area contributed by atoms with Crippen molar-refractivity contribution < 1.29 is 18.0 Å². The first-order valence-electron chi connectivity index (χ1n) is 7.68. The molecule has 0 aliphatic heterocycles. The largest absolute Gasteiger partial charge is 0.416 e. The van der Waals surface area contributed by atoms with Crippen LogP contribution in [0.2, 0.25) is 0 Å². The van der Waals surface area contributed by atoms with Gasteiger partial charge in [-0.2, -0.15) is 13.2 Å². The molecule has 0 radical (unpaired) electrons. The van der Waals surface area contributed by atoms with Crippen molar-refractivity contribution in [1.29, 1.82) is 0 Å². The second kappa shape index (κ2) is 7.26. The molecule has 0 atom stereocenters. The van der Waals surface area contributed by atoms with Gasteiger partial charge in [0.25, 0.3) is 5.91 Å². The first-order chi connectivity index (χ1) is 12.4. The molecule has 4 nitrogen and oxygen atoms in total. The Morgan fingerprint density at radius 2 is 1.65 bits per heavy atom. The quantitative estimate of drug-likeness (QED) is 0.683. The molecule has 1 aromatic heterocycles. The number of carbonyl (C=O) groups is 1. The number of aromatic nitrogens is 1. The number of hydrogen-bond donors (Lipinski definition) is 2. The first kappa shape index (κ1) is 17.5. The number of carbonyl (C=O) groups excluding carboxylic acids is 1. The molecule has 3 aromatic rings. The Hall–Kier alpha value is -3.35. The molecular weight excluding hydrogens is 343 g/mol. The highest BCUT2D eigenvalue weighted by Gasteiger charge is 2.30. The summed E-state index contributed by atoms with van der Waals surface area (Å²) in [5.74, 6) is 0.0464. The highest BCUT2D eigenvalue weighted by atomic mass is 19.4. The average molecular weight is 357 g/mol. The van der Waals surface area contributed by atoms with Crippen molar-refractivity contribution in [3.05, 3.63) is 84.1 Å². The molecule has 0 unspecified atom stereocenters. The topological polar surface area (TPSA) is 54.0 Å². The zero-order chi connectivity index (χ0) is 18.6. The van der Waals surface area contributed by atoms with Crippen molar-refractivity contribution >= 4 is 23.1 Å². The minimum absolute atomic E-state index is 0.294. The van der Waals surface area contributed by atoms with E-state index in [1.807, 2.05) is 6.07 Å². The molecule has 0 spiro atoms. The van der Waals surface area contributed by atoms with Crippen LogP contribution in [0.15, 0.2) is 72.9 Å². The van der Waals surface area contributed by atoms with E-state index in [-0.39, 0.29) is 5.91 Å². The summed E-state index contributed by atoms with van der Waals surface area (Å²) < 4.78 is 38.2. The van der Waals surface area contributed by atoms with Crippen molar-refractivity contribution in [2.24, 2.45) is 0 Å². The van der Waals surface area contributed by atoms with Crippen LogP contribution in [0.4, 0.5) is 30.4 Å². The zero-order valence-electron chi connectivity index (χ0n) is 13.4. The summed E-state index contributed by atoms with van der Waals surface area (Å²) in [7, 11) is 0. The van der Waals surface area contributed by atoms with E-state index in [1.165, 1.54) is 18.3 Å². The third-order valence-electron chi connectivity index (χ3n) is 3.52. The number of rotatable bonds is 4. The molecule has 2 aromatic carbocycles. The van der Waals surface area contributed by atoms with Gasteiger partial charge in [-0.3, -0.25) is 4.79 Å². The van der Waals surface area contributed by atoms with E-state index in [1.54, 1.807) is 36.4 Å². The number of alkyl halides is 3. The smallest absolute Gasteiger partial charge is 0.354 e. The summed E-state index contributed by atoms with van der Waals surface area (Å²) in [5, 5.41) is 5.51. The zero-order valence-corrected chi connectivity index (χ0v) is 13.4. The summed E-state index contributed by atoms with van der Waals surface area (Å²) >= 11 is 0. The minimum Gasteiger partial charge on any atom is -0.354 e. The second-order valence-electron chi connectivity index (χ2n) is 5.46. The Labute approximate surface area is 147 Å². The predicted octanol–water partition coefficient (Wildman–Crippen LogP) is 5.10. The number of anilines is 3. The number of amides is 1. The third kappa shape index (κ3) is 4.38. The van der Waals surface area contributed by atoms with Gasteiger partial charge in [0, 0.05) is 11.3 Å². The lowest BCUT2D eigenvalue weighted by atomic mass is 10.2. The van der Waals surface area contributed by atoms with E-state index < -0.39 is 11.7 Å². The fourth-order valence-corrected chi connectivity index (χ4v) is 2.26. The molecule has 2 N–H and O–H groups in total. The molecule has 1 amide bonds. The lowest BCUT2D eigenvalue weighted by molar-refractivity contribution is -0.137. The predicted molar refractivity (Wildman–Crippen MR) is 93.4 cm³/mol. The van der Waals surface area contributed by atoms with E-state index in [4.69, 9.17) is 0 Å². The van der Waals surface area contributed by atoms with Gasteiger partial charge < -0.3 is 10.6 Å². The van der Waals surface area contributed by atoms with Gasteiger partial charge in [-0.1, -0.05) is 24.3 Å². The summed E-state index contributed by atoms with van der Waals surface area (Å²) in [6, 6.07) is 16.7. The standard InChI is InChI=1S/C19H14F3N3O/c20-19(21,22)14-7-4-8-15(11-14)24-16-9-10-17(23-12-16)25-18(26)13-5-2-1-3-6-13/h1-12,24H,(H,23,25,26). The molecule has 1 heterocycles. The van der Waals surface area contributed by atoms with E-state index in [9.17, 15) is 18.0 Å².